The van der Waals surface area contributed by atoms with Crippen molar-refractivity contribution in [1.82, 2.24) is 20.2 Å². The van der Waals surface area contributed by atoms with Crippen LogP contribution in [0, 0.1) is 0 Å². The topological polar surface area (TPSA) is 63.9 Å². The maximum Gasteiger partial charge on any atom is 0.267 e. The molecule has 3 N–H and O–H groups in total. The molecule has 148 valence electrons. The van der Waals surface area contributed by atoms with E-state index in [9.17, 15) is 4.79 Å². The monoisotopic (exact) mass is 386 g/mol. The molecule has 0 spiro atoms. The highest BCUT2D eigenvalue weighted by atomic mass is 16.1. The van der Waals surface area contributed by atoms with Gasteiger partial charge in [-0.3, -0.25) is 4.79 Å². The largest absolute Gasteiger partial charge is 0.361 e. The normalized spacial score (nSPS) is 15.9. The number of likely N-dealkylation sites (tertiary alicyclic amines) is 1. The Labute approximate surface area is 170 Å². The molecule has 2 aromatic heterocycles. The Morgan fingerprint density at radius 1 is 1.03 bits per heavy atom. The van der Waals surface area contributed by atoms with E-state index in [2.05, 4.69) is 50.6 Å². The first-order valence-corrected chi connectivity index (χ1v) is 10.4. The minimum atomic E-state index is -0.0325. The molecule has 0 radical (unpaired) electrons. The van der Waals surface area contributed by atoms with Crippen LogP contribution in [0.4, 0.5) is 0 Å². The predicted octanol–water partition coefficient (Wildman–Crippen LogP) is 4.26. The number of H-pyrrole nitrogens is 2. The van der Waals surface area contributed by atoms with Crippen molar-refractivity contribution < 1.29 is 4.79 Å². The summed E-state index contributed by atoms with van der Waals surface area (Å²) in [5.41, 5.74) is 4.30. The number of aromatic amines is 2. The van der Waals surface area contributed by atoms with Crippen LogP contribution >= 0.6 is 0 Å². The summed E-state index contributed by atoms with van der Waals surface area (Å²) in [5.74, 6) is 0.582. The molecule has 1 aliphatic heterocycles. The number of hydrogen-bond donors (Lipinski definition) is 3. The third-order valence-corrected chi connectivity index (χ3v) is 6.14. The van der Waals surface area contributed by atoms with Gasteiger partial charge < -0.3 is 20.2 Å². The van der Waals surface area contributed by atoms with Gasteiger partial charge in [-0.1, -0.05) is 36.4 Å². The molecule has 1 fully saturated rings. The van der Waals surface area contributed by atoms with Crippen LogP contribution in [0.25, 0.3) is 21.8 Å². The van der Waals surface area contributed by atoms with Gasteiger partial charge in [0.05, 0.1) is 0 Å². The third-order valence-electron chi connectivity index (χ3n) is 6.14. The zero-order valence-corrected chi connectivity index (χ0v) is 16.4. The van der Waals surface area contributed by atoms with Crippen LogP contribution in [0.2, 0.25) is 0 Å². The fraction of sp³-hybridized carbons (Fsp3) is 0.292. The summed E-state index contributed by atoms with van der Waals surface area (Å²) < 4.78 is 0. The Bertz CT molecular complexity index is 1100. The van der Waals surface area contributed by atoms with Gasteiger partial charge in [0.1, 0.15) is 5.69 Å². The molecule has 5 rings (SSSR count). The number of carbonyl (C=O) groups excluding carboxylic acids is 1. The molecule has 1 aliphatic rings. The van der Waals surface area contributed by atoms with E-state index in [4.69, 9.17) is 0 Å². The fourth-order valence-corrected chi connectivity index (χ4v) is 4.52. The van der Waals surface area contributed by atoms with Gasteiger partial charge in [-0.05, 0) is 55.6 Å². The van der Waals surface area contributed by atoms with E-state index < -0.39 is 0 Å². The second kappa shape index (κ2) is 7.76. The molecule has 4 aromatic rings. The maximum absolute atomic E-state index is 12.4. The number of para-hydroxylation sites is 2. The number of nitrogens with zero attached hydrogens (tertiary/aromatic N) is 1. The summed E-state index contributed by atoms with van der Waals surface area (Å²) in [6.45, 7) is 3.72. The lowest BCUT2D eigenvalue weighted by Gasteiger charge is -2.31. The highest BCUT2D eigenvalue weighted by Gasteiger charge is 2.22. The van der Waals surface area contributed by atoms with Gasteiger partial charge in [0.25, 0.3) is 5.91 Å². The van der Waals surface area contributed by atoms with E-state index >= 15 is 0 Å². The van der Waals surface area contributed by atoms with Crippen LogP contribution in [0.15, 0.2) is 60.8 Å². The summed E-state index contributed by atoms with van der Waals surface area (Å²) in [4.78, 5) is 21.5. The van der Waals surface area contributed by atoms with E-state index in [0.717, 1.165) is 43.4 Å². The van der Waals surface area contributed by atoms with Crippen molar-refractivity contribution in [2.24, 2.45) is 0 Å². The van der Waals surface area contributed by atoms with Gasteiger partial charge in [0.15, 0.2) is 0 Å². The zero-order chi connectivity index (χ0) is 19.6. The number of benzene rings is 2. The second-order valence-corrected chi connectivity index (χ2v) is 7.93. The number of fused-ring (bicyclic) bond motifs is 2. The minimum Gasteiger partial charge on any atom is -0.361 e. The molecule has 5 heteroatoms. The maximum atomic E-state index is 12.4. The third kappa shape index (κ3) is 3.66. The molecule has 3 heterocycles. The van der Waals surface area contributed by atoms with Gasteiger partial charge >= 0.3 is 0 Å². The van der Waals surface area contributed by atoms with Gasteiger partial charge in [-0.15, -0.1) is 0 Å². The molecular weight excluding hydrogens is 360 g/mol. The molecule has 2 aromatic carbocycles. The van der Waals surface area contributed by atoms with E-state index in [0.29, 0.717) is 18.2 Å². The Kier molecular flexibility index (Phi) is 4.82. The number of piperidine rings is 1. The Morgan fingerprint density at radius 3 is 2.62 bits per heavy atom. The van der Waals surface area contributed by atoms with Crippen LogP contribution in [-0.2, 0) is 0 Å². The lowest BCUT2D eigenvalue weighted by Crippen LogP contribution is -2.39. The average Bonchev–Trinajstić information content (AvgIpc) is 3.39. The molecule has 5 nitrogen and oxygen atoms in total. The van der Waals surface area contributed by atoms with Crippen LogP contribution in [-0.4, -0.2) is 47.0 Å². The summed E-state index contributed by atoms with van der Waals surface area (Å²) >= 11 is 0. The van der Waals surface area contributed by atoms with Crippen molar-refractivity contribution in [1.29, 1.82) is 0 Å². The van der Waals surface area contributed by atoms with Crippen molar-refractivity contribution in [3.63, 3.8) is 0 Å². The molecule has 0 atom stereocenters. The average molecular weight is 386 g/mol. The Hall–Kier alpha value is -3.05. The zero-order valence-electron chi connectivity index (χ0n) is 16.4. The number of nitrogens with one attached hydrogen (secondary N) is 3. The van der Waals surface area contributed by atoms with Gasteiger partial charge in [0, 0.05) is 41.1 Å². The molecule has 0 bridgehead atoms. The molecule has 0 aliphatic carbocycles. The summed E-state index contributed by atoms with van der Waals surface area (Å²) in [6.07, 6.45) is 4.52. The van der Waals surface area contributed by atoms with E-state index in [1.807, 2.05) is 30.3 Å². The Morgan fingerprint density at radius 2 is 1.79 bits per heavy atom. The first-order valence-electron chi connectivity index (χ1n) is 10.4. The summed E-state index contributed by atoms with van der Waals surface area (Å²) in [6, 6.07) is 18.4. The Balaban J connectivity index is 1.12. The lowest BCUT2D eigenvalue weighted by molar-refractivity contribution is 0.0941. The SMILES string of the molecule is O=C(NCCN1CCC(c2c[nH]c3ccccc23)CC1)c1cc2ccccc2[nH]1. The van der Waals surface area contributed by atoms with Crippen molar-refractivity contribution in [3.05, 3.63) is 72.1 Å². The van der Waals surface area contributed by atoms with Crippen molar-refractivity contribution >= 4 is 27.7 Å². The van der Waals surface area contributed by atoms with Crippen molar-refractivity contribution in [3.8, 4) is 0 Å². The van der Waals surface area contributed by atoms with Crippen LogP contribution in [0.1, 0.15) is 34.8 Å². The molecule has 29 heavy (non-hydrogen) atoms. The number of hydrogen-bond acceptors (Lipinski definition) is 2. The minimum absolute atomic E-state index is 0.0325. The molecule has 0 unspecified atom stereocenters. The summed E-state index contributed by atoms with van der Waals surface area (Å²) in [5, 5.41) is 5.48. The predicted molar refractivity (Wildman–Crippen MR) is 117 cm³/mol. The smallest absolute Gasteiger partial charge is 0.267 e. The first-order chi connectivity index (χ1) is 14.3. The molecule has 1 amide bonds. The summed E-state index contributed by atoms with van der Waals surface area (Å²) in [7, 11) is 0. The highest BCUT2D eigenvalue weighted by Crippen LogP contribution is 2.32. The van der Waals surface area contributed by atoms with Gasteiger partial charge in [-0.2, -0.15) is 0 Å². The van der Waals surface area contributed by atoms with Crippen molar-refractivity contribution in [2.75, 3.05) is 26.2 Å². The number of amides is 1. The lowest BCUT2D eigenvalue weighted by atomic mass is 9.89. The van der Waals surface area contributed by atoms with Gasteiger partial charge in [-0.25, -0.2) is 0 Å². The number of aromatic nitrogens is 2. The second-order valence-electron chi connectivity index (χ2n) is 7.93. The van der Waals surface area contributed by atoms with Crippen LogP contribution in [0.3, 0.4) is 0 Å². The molecule has 1 saturated heterocycles. The van der Waals surface area contributed by atoms with E-state index in [1.54, 1.807) is 0 Å². The van der Waals surface area contributed by atoms with E-state index in [-0.39, 0.29) is 5.91 Å². The van der Waals surface area contributed by atoms with Crippen LogP contribution in [0.5, 0.6) is 0 Å². The standard InChI is InChI=1S/C24H26N4O/c29-24(23-15-18-5-1-3-7-21(18)27-23)25-11-14-28-12-9-17(10-13-28)20-16-26-22-8-4-2-6-19(20)22/h1-8,15-17,26-27H,9-14H2,(H,25,29). The van der Waals surface area contributed by atoms with E-state index in [1.165, 1.54) is 16.5 Å². The quantitative estimate of drug-likeness (QED) is 0.480. The highest BCUT2D eigenvalue weighted by molar-refractivity contribution is 5.97. The van der Waals surface area contributed by atoms with Gasteiger partial charge in [0.2, 0.25) is 0 Å². The number of rotatable bonds is 5. The first kappa shape index (κ1) is 18.0. The molecule has 0 saturated carbocycles. The molecular formula is C24H26N4O. The number of carbonyl (C=O) groups is 1. The van der Waals surface area contributed by atoms with Crippen molar-refractivity contribution in [2.45, 2.75) is 18.8 Å². The van der Waals surface area contributed by atoms with Crippen LogP contribution < -0.4 is 5.32 Å². The fourth-order valence-electron chi connectivity index (χ4n) is 4.52.